The Morgan fingerprint density at radius 2 is 1.75 bits per heavy atom. The SMILES string of the molecule is CCC(C)(CC)[O][GaH2]. The Morgan fingerprint density at radius 3 is 1.75 bits per heavy atom. The van der Waals surface area contributed by atoms with Crippen LogP contribution in [0.25, 0.3) is 0 Å². The summed E-state index contributed by atoms with van der Waals surface area (Å²) in [6.07, 6.45) is 2.29. The van der Waals surface area contributed by atoms with Gasteiger partial charge >= 0.3 is 61.7 Å². The third-order valence-electron chi connectivity index (χ3n) is 1.99. The van der Waals surface area contributed by atoms with Gasteiger partial charge in [0.05, 0.1) is 0 Å². The monoisotopic (exact) mass is 172 g/mol. The first-order valence-electron chi connectivity index (χ1n) is 3.23. The molecule has 0 bridgehead atoms. The van der Waals surface area contributed by atoms with Gasteiger partial charge in [-0.1, -0.05) is 0 Å². The van der Waals surface area contributed by atoms with Crippen LogP contribution in [0, 0.1) is 0 Å². The van der Waals surface area contributed by atoms with E-state index in [9.17, 15) is 0 Å². The summed E-state index contributed by atoms with van der Waals surface area (Å²) in [6.45, 7) is 6.53. The van der Waals surface area contributed by atoms with E-state index in [1.165, 1.54) is 0 Å². The summed E-state index contributed by atoms with van der Waals surface area (Å²) in [5, 5.41) is 0. The van der Waals surface area contributed by atoms with E-state index in [1.54, 1.807) is 0 Å². The fourth-order valence-electron chi connectivity index (χ4n) is 0.539. The molecule has 0 saturated heterocycles. The van der Waals surface area contributed by atoms with Crippen molar-refractivity contribution in [2.75, 3.05) is 0 Å². The Morgan fingerprint density at radius 1 is 1.38 bits per heavy atom. The molecule has 0 N–H and O–H groups in total. The normalized spacial score (nSPS) is 11.9. The summed E-state index contributed by atoms with van der Waals surface area (Å²) in [6, 6.07) is 0. The van der Waals surface area contributed by atoms with E-state index in [4.69, 9.17) is 3.53 Å². The van der Waals surface area contributed by atoms with Gasteiger partial charge in [0.1, 0.15) is 0 Å². The van der Waals surface area contributed by atoms with Crippen LogP contribution in [0.5, 0.6) is 0 Å². The molecule has 0 amide bonds. The van der Waals surface area contributed by atoms with Gasteiger partial charge in [0.15, 0.2) is 0 Å². The molecule has 0 unspecified atom stereocenters. The molecule has 2 heteroatoms. The van der Waals surface area contributed by atoms with E-state index in [1.807, 2.05) is 0 Å². The van der Waals surface area contributed by atoms with Crippen molar-refractivity contribution in [2.24, 2.45) is 0 Å². The van der Waals surface area contributed by atoms with Gasteiger partial charge in [-0.05, 0) is 0 Å². The van der Waals surface area contributed by atoms with Crippen molar-refractivity contribution in [1.82, 2.24) is 0 Å². The van der Waals surface area contributed by atoms with Crippen molar-refractivity contribution in [1.29, 1.82) is 0 Å². The molecule has 0 rings (SSSR count). The average Bonchev–Trinajstić information content (AvgIpc) is 1.87. The Labute approximate surface area is 62.1 Å². The molecular formula is C6H15GaO. The van der Waals surface area contributed by atoms with Crippen LogP contribution in [0.3, 0.4) is 0 Å². The summed E-state index contributed by atoms with van der Waals surface area (Å²) >= 11 is 0.549. The van der Waals surface area contributed by atoms with Crippen molar-refractivity contribution in [3.8, 4) is 0 Å². The summed E-state index contributed by atoms with van der Waals surface area (Å²) in [4.78, 5) is 0. The van der Waals surface area contributed by atoms with Crippen molar-refractivity contribution in [2.45, 2.75) is 39.2 Å². The maximum atomic E-state index is 5.42. The zero-order valence-electron chi connectivity index (χ0n) is 6.32. The summed E-state index contributed by atoms with van der Waals surface area (Å²) in [5.74, 6) is 0. The Kier molecular flexibility index (Phi) is 3.86. The fourth-order valence-corrected chi connectivity index (χ4v) is 1.75. The van der Waals surface area contributed by atoms with Crippen molar-refractivity contribution in [3.63, 3.8) is 0 Å². The Hall–Kier alpha value is 0.596. The molecule has 0 aliphatic carbocycles. The minimum atomic E-state index is 0.208. The van der Waals surface area contributed by atoms with Crippen LogP contribution in [-0.4, -0.2) is 24.6 Å². The maximum absolute atomic E-state index is 5.42. The average molecular weight is 173 g/mol. The first-order chi connectivity index (χ1) is 3.68. The first kappa shape index (κ1) is 8.60. The predicted octanol–water partition coefficient (Wildman–Crippen LogP) is 1.13. The molecule has 0 aromatic rings. The third kappa shape index (κ3) is 2.24. The van der Waals surface area contributed by atoms with Crippen LogP contribution >= 0.6 is 0 Å². The summed E-state index contributed by atoms with van der Waals surface area (Å²) in [5.41, 5.74) is 0.208. The molecule has 0 radical (unpaired) electrons. The summed E-state index contributed by atoms with van der Waals surface area (Å²) < 4.78 is 5.42. The molecule has 0 aromatic carbocycles. The molecule has 0 aliphatic heterocycles. The van der Waals surface area contributed by atoms with Gasteiger partial charge in [-0.25, -0.2) is 0 Å². The number of hydrogen-bond acceptors (Lipinski definition) is 1. The second-order valence-corrected chi connectivity index (χ2v) is 3.22. The molecule has 0 saturated carbocycles. The standard InChI is InChI=1S/C6H13O.Ga.2H/c1-4-6(3,7)5-2;;;/h4-5H2,1-3H3;;;/q-1;+1;;. The molecule has 0 heterocycles. The van der Waals surface area contributed by atoms with Crippen LogP contribution in [0.1, 0.15) is 33.6 Å². The van der Waals surface area contributed by atoms with Gasteiger partial charge in [-0.15, -0.1) is 0 Å². The van der Waals surface area contributed by atoms with Crippen LogP contribution in [-0.2, 0) is 3.53 Å². The van der Waals surface area contributed by atoms with Crippen molar-refractivity contribution < 1.29 is 3.53 Å². The van der Waals surface area contributed by atoms with E-state index in [2.05, 4.69) is 20.8 Å². The number of rotatable bonds is 3. The fraction of sp³-hybridized carbons (Fsp3) is 1.00. The predicted molar refractivity (Wildman–Crippen MR) is 38.6 cm³/mol. The van der Waals surface area contributed by atoms with E-state index in [0.29, 0.717) is 19.0 Å². The van der Waals surface area contributed by atoms with Crippen LogP contribution < -0.4 is 0 Å². The van der Waals surface area contributed by atoms with E-state index in [0.717, 1.165) is 12.8 Å². The zero-order chi connectivity index (χ0) is 6.62. The molecule has 1 nitrogen and oxygen atoms in total. The second-order valence-electron chi connectivity index (χ2n) is 2.36. The molecule has 0 aromatic heterocycles. The molecule has 0 aliphatic rings. The van der Waals surface area contributed by atoms with Crippen molar-refractivity contribution in [3.05, 3.63) is 0 Å². The van der Waals surface area contributed by atoms with Gasteiger partial charge in [-0.2, -0.15) is 0 Å². The van der Waals surface area contributed by atoms with Crippen LogP contribution in [0.2, 0.25) is 0 Å². The van der Waals surface area contributed by atoms with Gasteiger partial charge < -0.3 is 0 Å². The van der Waals surface area contributed by atoms with Gasteiger partial charge in [-0.3, -0.25) is 0 Å². The summed E-state index contributed by atoms with van der Waals surface area (Å²) in [7, 11) is 0. The van der Waals surface area contributed by atoms with E-state index >= 15 is 0 Å². The van der Waals surface area contributed by atoms with Crippen molar-refractivity contribution >= 4 is 19.0 Å². The number of hydrogen-bond donors (Lipinski definition) is 0. The third-order valence-corrected chi connectivity index (χ3v) is 4.06. The van der Waals surface area contributed by atoms with Gasteiger partial charge in [0.25, 0.3) is 0 Å². The quantitative estimate of drug-likeness (QED) is 0.581. The Balaban J connectivity index is 3.58. The molecule has 48 valence electrons. The zero-order valence-corrected chi connectivity index (χ0v) is 10.5. The van der Waals surface area contributed by atoms with Crippen LogP contribution in [0.4, 0.5) is 0 Å². The Bertz CT molecular complexity index is 51.3. The molecule has 0 atom stereocenters. The van der Waals surface area contributed by atoms with E-state index in [-0.39, 0.29) is 5.60 Å². The molecule has 0 spiro atoms. The van der Waals surface area contributed by atoms with Gasteiger partial charge in [0.2, 0.25) is 0 Å². The topological polar surface area (TPSA) is 9.23 Å². The second kappa shape index (κ2) is 3.59. The molecule has 8 heavy (non-hydrogen) atoms. The molecular weight excluding hydrogens is 158 g/mol. The first-order valence-corrected chi connectivity index (χ1v) is 4.95. The minimum absolute atomic E-state index is 0.208. The van der Waals surface area contributed by atoms with Crippen LogP contribution in [0.15, 0.2) is 0 Å². The van der Waals surface area contributed by atoms with E-state index < -0.39 is 0 Å². The van der Waals surface area contributed by atoms with Gasteiger partial charge in [0, 0.05) is 0 Å². The molecule has 0 fully saturated rings.